The summed E-state index contributed by atoms with van der Waals surface area (Å²) in [5.41, 5.74) is 0. The topological polar surface area (TPSA) is 29.5 Å². The number of ether oxygens (including phenoxy) is 1. The molecule has 0 bridgehead atoms. The van der Waals surface area contributed by atoms with Gasteiger partial charge in [0.1, 0.15) is 6.04 Å². The quantitative estimate of drug-likeness (QED) is 0.684. The minimum Gasteiger partial charge on any atom is -0.468 e. The Morgan fingerprint density at radius 2 is 2.20 bits per heavy atom. The van der Waals surface area contributed by atoms with Crippen molar-refractivity contribution in [1.82, 2.24) is 4.90 Å². The summed E-state index contributed by atoms with van der Waals surface area (Å²) >= 11 is 1.99. The Hall–Kier alpha value is -0.220. The zero-order valence-corrected chi connectivity index (χ0v) is 10.1. The Morgan fingerprint density at radius 1 is 1.40 bits per heavy atom. The highest BCUT2D eigenvalue weighted by molar-refractivity contribution is 7.99. The maximum Gasteiger partial charge on any atom is 0.323 e. The van der Waals surface area contributed by atoms with Gasteiger partial charge in [-0.25, -0.2) is 0 Å². The van der Waals surface area contributed by atoms with E-state index < -0.39 is 0 Å². The smallest absolute Gasteiger partial charge is 0.323 e. The Labute approximate surface area is 95.5 Å². The Kier molecular flexibility index (Phi) is 3.92. The Bertz CT molecular complexity index is 223. The Balaban J connectivity index is 1.98. The van der Waals surface area contributed by atoms with Gasteiger partial charge in [0.15, 0.2) is 0 Å². The van der Waals surface area contributed by atoms with Crippen molar-refractivity contribution in [1.29, 1.82) is 0 Å². The van der Waals surface area contributed by atoms with Crippen molar-refractivity contribution in [2.24, 2.45) is 5.92 Å². The molecule has 86 valence electrons. The minimum atomic E-state index is -0.0237. The molecule has 0 amide bonds. The molecule has 0 aromatic carbocycles. The molecule has 3 nitrogen and oxygen atoms in total. The summed E-state index contributed by atoms with van der Waals surface area (Å²) in [6, 6.07) is 0.0497. The van der Waals surface area contributed by atoms with Crippen molar-refractivity contribution < 1.29 is 9.53 Å². The molecule has 1 unspecified atom stereocenters. The normalized spacial score (nSPS) is 25.7. The van der Waals surface area contributed by atoms with Crippen molar-refractivity contribution in [2.75, 3.05) is 31.7 Å². The molecule has 1 aliphatic carbocycles. The third kappa shape index (κ3) is 2.88. The fraction of sp³-hybridized carbons (Fsp3) is 0.909. The summed E-state index contributed by atoms with van der Waals surface area (Å²) in [5, 5.41) is 0. The molecule has 1 saturated carbocycles. The Morgan fingerprint density at radius 3 is 2.87 bits per heavy atom. The molecule has 1 saturated heterocycles. The predicted molar refractivity (Wildman–Crippen MR) is 62.0 cm³/mol. The van der Waals surface area contributed by atoms with Gasteiger partial charge in [-0.05, 0) is 37.5 Å². The second-order valence-electron chi connectivity index (χ2n) is 4.31. The van der Waals surface area contributed by atoms with Gasteiger partial charge in [-0.1, -0.05) is 0 Å². The second-order valence-corrected chi connectivity index (χ2v) is 5.53. The fourth-order valence-electron chi connectivity index (χ4n) is 2.22. The summed E-state index contributed by atoms with van der Waals surface area (Å²) in [6.07, 6.45) is 3.59. The maximum atomic E-state index is 11.7. The standard InChI is InChI=1S/C11H19NO2S/c1-14-11(13)10(9-3-4-9)12-5-2-7-15-8-6-12/h9-10H,2-8H2,1H3. The van der Waals surface area contributed by atoms with Gasteiger partial charge in [-0.2, -0.15) is 11.8 Å². The van der Waals surface area contributed by atoms with Gasteiger partial charge in [-0.3, -0.25) is 9.69 Å². The third-order valence-electron chi connectivity index (χ3n) is 3.16. The first kappa shape index (κ1) is 11.3. The summed E-state index contributed by atoms with van der Waals surface area (Å²) < 4.78 is 4.92. The van der Waals surface area contributed by atoms with Gasteiger partial charge >= 0.3 is 5.97 Å². The van der Waals surface area contributed by atoms with E-state index in [1.807, 2.05) is 11.8 Å². The van der Waals surface area contributed by atoms with E-state index in [0.29, 0.717) is 5.92 Å². The first-order valence-corrected chi connectivity index (χ1v) is 6.88. The number of thioether (sulfide) groups is 1. The molecule has 0 aromatic rings. The predicted octanol–water partition coefficient (Wildman–Crippen LogP) is 1.38. The van der Waals surface area contributed by atoms with E-state index in [2.05, 4.69) is 4.90 Å². The van der Waals surface area contributed by atoms with Crippen LogP contribution in [0.25, 0.3) is 0 Å². The number of carbonyl (C=O) groups excluding carboxylic acids is 1. The first-order chi connectivity index (χ1) is 7.33. The first-order valence-electron chi connectivity index (χ1n) is 5.72. The van der Waals surface area contributed by atoms with Crippen LogP contribution < -0.4 is 0 Å². The van der Waals surface area contributed by atoms with Crippen molar-refractivity contribution >= 4 is 17.7 Å². The molecule has 2 rings (SSSR count). The molecule has 1 heterocycles. The highest BCUT2D eigenvalue weighted by Gasteiger charge is 2.40. The van der Waals surface area contributed by atoms with Crippen molar-refractivity contribution in [2.45, 2.75) is 25.3 Å². The number of methoxy groups -OCH3 is 1. The molecule has 1 aliphatic heterocycles. The van der Waals surface area contributed by atoms with Crippen LogP contribution in [0.5, 0.6) is 0 Å². The van der Waals surface area contributed by atoms with Crippen molar-refractivity contribution in [3.8, 4) is 0 Å². The van der Waals surface area contributed by atoms with Crippen molar-refractivity contribution in [3.63, 3.8) is 0 Å². The van der Waals surface area contributed by atoms with Gasteiger partial charge in [0, 0.05) is 12.3 Å². The average molecular weight is 229 g/mol. The summed E-state index contributed by atoms with van der Waals surface area (Å²) in [7, 11) is 1.50. The molecule has 0 spiro atoms. The zero-order chi connectivity index (χ0) is 10.7. The van der Waals surface area contributed by atoms with Gasteiger partial charge in [0.2, 0.25) is 0 Å². The molecule has 4 heteroatoms. The van der Waals surface area contributed by atoms with Crippen molar-refractivity contribution in [3.05, 3.63) is 0 Å². The van der Waals surface area contributed by atoms with Gasteiger partial charge < -0.3 is 4.74 Å². The van der Waals surface area contributed by atoms with E-state index in [-0.39, 0.29) is 12.0 Å². The largest absolute Gasteiger partial charge is 0.468 e. The van der Waals surface area contributed by atoms with Crippen LogP contribution in [0.15, 0.2) is 0 Å². The lowest BCUT2D eigenvalue weighted by Gasteiger charge is -2.28. The highest BCUT2D eigenvalue weighted by Crippen LogP contribution is 2.36. The van der Waals surface area contributed by atoms with E-state index in [9.17, 15) is 4.79 Å². The van der Waals surface area contributed by atoms with Crippen LogP contribution >= 0.6 is 11.8 Å². The van der Waals surface area contributed by atoms with Crippen LogP contribution in [-0.4, -0.2) is 48.6 Å². The second kappa shape index (κ2) is 5.21. The van der Waals surface area contributed by atoms with E-state index in [0.717, 1.165) is 18.8 Å². The number of hydrogen-bond donors (Lipinski definition) is 0. The third-order valence-corrected chi connectivity index (χ3v) is 4.21. The van der Waals surface area contributed by atoms with Crippen LogP contribution in [0, 0.1) is 5.92 Å². The van der Waals surface area contributed by atoms with E-state index in [1.165, 1.54) is 32.1 Å². The zero-order valence-electron chi connectivity index (χ0n) is 9.28. The monoisotopic (exact) mass is 229 g/mol. The van der Waals surface area contributed by atoms with Crippen LogP contribution in [-0.2, 0) is 9.53 Å². The molecule has 0 N–H and O–H groups in total. The molecule has 0 aromatic heterocycles. The molecule has 15 heavy (non-hydrogen) atoms. The van der Waals surface area contributed by atoms with E-state index >= 15 is 0 Å². The average Bonchev–Trinajstić information content (AvgIpc) is 3.05. The van der Waals surface area contributed by atoms with E-state index in [1.54, 1.807) is 0 Å². The summed E-state index contributed by atoms with van der Waals surface area (Å²) in [5.74, 6) is 2.93. The molecule has 0 radical (unpaired) electrons. The fourth-order valence-corrected chi connectivity index (χ4v) is 3.12. The van der Waals surface area contributed by atoms with Gasteiger partial charge in [0.05, 0.1) is 7.11 Å². The maximum absolute atomic E-state index is 11.7. The summed E-state index contributed by atoms with van der Waals surface area (Å²) in [6.45, 7) is 2.10. The lowest BCUT2D eigenvalue weighted by Crippen LogP contribution is -2.44. The molecular weight excluding hydrogens is 210 g/mol. The van der Waals surface area contributed by atoms with Crippen LogP contribution in [0.2, 0.25) is 0 Å². The lowest BCUT2D eigenvalue weighted by atomic mass is 10.1. The number of nitrogens with zero attached hydrogens (tertiary/aromatic N) is 1. The van der Waals surface area contributed by atoms with Crippen LogP contribution in [0.3, 0.4) is 0 Å². The summed E-state index contributed by atoms with van der Waals surface area (Å²) in [4.78, 5) is 14.1. The number of rotatable bonds is 3. The van der Waals surface area contributed by atoms with Crippen LogP contribution in [0.1, 0.15) is 19.3 Å². The number of carbonyl (C=O) groups is 1. The molecular formula is C11H19NO2S. The SMILES string of the molecule is COC(=O)C(C1CC1)N1CCCSCC1. The highest BCUT2D eigenvalue weighted by atomic mass is 32.2. The minimum absolute atomic E-state index is 0.0237. The lowest BCUT2D eigenvalue weighted by molar-refractivity contribution is -0.147. The number of hydrogen-bond acceptors (Lipinski definition) is 4. The van der Waals surface area contributed by atoms with Crippen LogP contribution in [0.4, 0.5) is 0 Å². The molecule has 2 aliphatic rings. The van der Waals surface area contributed by atoms with Gasteiger partial charge in [0.25, 0.3) is 0 Å². The molecule has 1 atom stereocenters. The van der Waals surface area contributed by atoms with Gasteiger partial charge in [-0.15, -0.1) is 0 Å². The van der Waals surface area contributed by atoms with E-state index in [4.69, 9.17) is 4.74 Å². The number of esters is 1. The molecule has 2 fully saturated rings.